The van der Waals surface area contributed by atoms with E-state index in [-0.39, 0.29) is 0 Å². The third-order valence-corrected chi connectivity index (χ3v) is 3.72. The lowest BCUT2D eigenvalue weighted by atomic mass is 9.94. The van der Waals surface area contributed by atoms with Crippen LogP contribution in [0, 0.1) is 6.92 Å². The quantitative estimate of drug-likeness (QED) is 0.836. The Balaban J connectivity index is 2.25. The number of rotatable bonds is 4. The second-order valence-corrected chi connectivity index (χ2v) is 5.06. The summed E-state index contributed by atoms with van der Waals surface area (Å²) < 4.78 is 5.66. The van der Waals surface area contributed by atoms with Gasteiger partial charge < -0.3 is 10.5 Å². The van der Waals surface area contributed by atoms with Gasteiger partial charge in [-0.3, -0.25) is 0 Å². The molecule has 2 N–H and O–H groups in total. The van der Waals surface area contributed by atoms with Crippen LogP contribution >= 0.6 is 11.6 Å². The van der Waals surface area contributed by atoms with Crippen LogP contribution in [0.5, 0.6) is 5.75 Å². The number of nitrogens with two attached hydrogens (primary N) is 1. The molecule has 1 aromatic carbocycles. The van der Waals surface area contributed by atoms with E-state index < -0.39 is 0 Å². The molecule has 3 heteroatoms. The van der Waals surface area contributed by atoms with Gasteiger partial charge in [0, 0.05) is 0 Å². The largest absolute Gasteiger partial charge is 0.492 e. The molecule has 1 heterocycles. The molecule has 0 unspecified atom stereocenters. The Morgan fingerprint density at radius 2 is 2.24 bits per heavy atom. The van der Waals surface area contributed by atoms with Crippen LogP contribution in [-0.4, -0.2) is 13.2 Å². The van der Waals surface area contributed by atoms with E-state index in [2.05, 4.69) is 13.0 Å². The molecule has 0 aromatic heterocycles. The standard InChI is InChI=1S/C14H20ClNO/c1-10-11(5-2-3-7-16)9-13(15)14-12(10)6-4-8-17-14/h9H,2-8,16H2,1H3. The van der Waals surface area contributed by atoms with Crippen LogP contribution in [0.1, 0.15) is 36.0 Å². The second-order valence-electron chi connectivity index (χ2n) is 4.65. The predicted molar refractivity (Wildman–Crippen MR) is 72.0 cm³/mol. The fourth-order valence-electron chi connectivity index (χ4n) is 2.43. The van der Waals surface area contributed by atoms with E-state index in [1.807, 2.05) is 0 Å². The highest BCUT2D eigenvalue weighted by Crippen LogP contribution is 2.37. The van der Waals surface area contributed by atoms with Crippen molar-refractivity contribution >= 4 is 11.6 Å². The Morgan fingerprint density at radius 1 is 1.41 bits per heavy atom. The van der Waals surface area contributed by atoms with Gasteiger partial charge in [0.05, 0.1) is 11.6 Å². The molecule has 0 radical (unpaired) electrons. The van der Waals surface area contributed by atoms with Gasteiger partial charge in [0.2, 0.25) is 0 Å². The van der Waals surface area contributed by atoms with Gasteiger partial charge in [0.15, 0.2) is 0 Å². The monoisotopic (exact) mass is 253 g/mol. The van der Waals surface area contributed by atoms with E-state index in [4.69, 9.17) is 22.1 Å². The first-order chi connectivity index (χ1) is 8.24. The molecule has 94 valence electrons. The smallest absolute Gasteiger partial charge is 0.141 e. The lowest BCUT2D eigenvalue weighted by molar-refractivity contribution is 0.288. The number of fused-ring (bicyclic) bond motifs is 1. The summed E-state index contributed by atoms with van der Waals surface area (Å²) in [6, 6.07) is 2.07. The molecule has 17 heavy (non-hydrogen) atoms. The number of aryl methyl sites for hydroxylation is 1. The van der Waals surface area contributed by atoms with Gasteiger partial charge in [-0.2, -0.15) is 0 Å². The highest BCUT2D eigenvalue weighted by Gasteiger charge is 2.18. The summed E-state index contributed by atoms with van der Waals surface area (Å²) in [6.07, 6.45) is 5.45. The Kier molecular flexibility index (Phi) is 4.30. The van der Waals surface area contributed by atoms with E-state index >= 15 is 0 Å². The molecule has 0 amide bonds. The van der Waals surface area contributed by atoms with E-state index in [1.54, 1.807) is 0 Å². The highest BCUT2D eigenvalue weighted by atomic mass is 35.5. The van der Waals surface area contributed by atoms with Gasteiger partial charge in [-0.25, -0.2) is 0 Å². The van der Waals surface area contributed by atoms with Gasteiger partial charge in [0.25, 0.3) is 0 Å². The van der Waals surface area contributed by atoms with Gasteiger partial charge in [-0.1, -0.05) is 11.6 Å². The Morgan fingerprint density at radius 3 is 3.00 bits per heavy atom. The summed E-state index contributed by atoms with van der Waals surface area (Å²) >= 11 is 6.28. The summed E-state index contributed by atoms with van der Waals surface area (Å²) in [5.41, 5.74) is 9.55. The van der Waals surface area contributed by atoms with Crippen LogP contribution in [-0.2, 0) is 12.8 Å². The molecule has 0 fully saturated rings. The van der Waals surface area contributed by atoms with Crippen molar-refractivity contribution in [3.05, 3.63) is 27.8 Å². The van der Waals surface area contributed by atoms with Crippen LogP contribution in [0.2, 0.25) is 5.02 Å². The maximum atomic E-state index is 6.28. The van der Waals surface area contributed by atoms with Crippen LogP contribution in [0.3, 0.4) is 0 Å². The minimum atomic E-state index is 0.765. The van der Waals surface area contributed by atoms with E-state index in [9.17, 15) is 0 Å². The van der Waals surface area contributed by atoms with Crippen molar-refractivity contribution in [2.75, 3.05) is 13.2 Å². The third-order valence-electron chi connectivity index (χ3n) is 3.44. The lowest BCUT2D eigenvalue weighted by Crippen LogP contribution is -2.11. The number of unbranched alkanes of at least 4 members (excludes halogenated alkanes) is 1. The molecule has 0 saturated heterocycles. The molecule has 0 spiro atoms. The van der Waals surface area contributed by atoms with E-state index in [0.29, 0.717) is 0 Å². The van der Waals surface area contributed by atoms with E-state index in [1.165, 1.54) is 16.7 Å². The van der Waals surface area contributed by atoms with Crippen LogP contribution < -0.4 is 10.5 Å². The van der Waals surface area contributed by atoms with Gasteiger partial charge in [-0.15, -0.1) is 0 Å². The summed E-state index contributed by atoms with van der Waals surface area (Å²) in [4.78, 5) is 0. The minimum Gasteiger partial charge on any atom is -0.492 e. The molecular formula is C14H20ClNO. The molecule has 0 bridgehead atoms. The van der Waals surface area contributed by atoms with Gasteiger partial charge in [-0.05, 0) is 68.3 Å². The minimum absolute atomic E-state index is 0.765. The molecule has 0 saturated carbocycles. The number of hydrogen-bond acceptors (Lipinski definition) is 2. The molecule has 2 nitrogen and oxygen atoms in total. The van der Waals surface area contributed by atoms with Crippen molar-refractivity contribution in [2.24, 2.45) is 5.73 Å². The summed E-state index contributed by atoms with van der Waals surface area (Å²) in [5, 5.41) is 0.771. The molecule has 0 atom stereocenters. The molecule has 1 aromatic rings. The van der Waals surface area contributed by atoms with Crippen molar-refractivity contribution in [3.8, 4) is 5.75 Å². The summed E-state index contributed by atoms with van der Waals surface area (Å²) in [7, 11) is 0. The number of benzene rings is 1. The van der Waals surface area contributed by atoms with Crippen molar-refractivity contribution in [1.29, 1.82) is 0 Å². The van der Waals surface area contributed by atoms with Crippen molar-refractivity contribution in [3.63, 3.8) is 0 Å². The SMILES string of the molecule is Cc1c(CCCCN)cc(Cl)c2c1CCCO2. The first-order valence-electron chi connectivity index (χ1n) is 6.37. The first-order valence-corrected chi connectivity index (χ1v) is 6.75. The predicted octanol–water partition coefficient (Wildman–Crippen LogP) is 3.25. The topological polar surface area (TPSA) is 35.2 Å². The van der Waals surface area contributed by atoms with Crippen molar-refractivity contribution in [2.45, 2.75) is 39.0 Å². The van der Waals surface area contributed by atoms with Crippen molar-refractivity contribution < 1.29 is 4.74 Å². The zero-order valence-corrected chi connectivity index (χ0v) is 11.1. The molecule has 1 aliphatic heterocycles. The average Bonchev–Trinajstić information content (AvgIpc) is 2.36. The summed E-state index contributed by atoms with van der Waals surface area (Å²) in [5.74, 6) is 0.915. The van der Waals surface area contributed by atoms with Gasteiger partial charge >= 0.3 is 0 Å². The number of hydrogen-bond donors (Lipinski definition) is 1. The van der Waals surface area contributed by atoms with E-state index in [0.717, 1.165) is 56.0 Å². The zero-order chi connectivity index (χ0) is 12.3. The lowest BCUT2D eigenvalue weighted by Gasteiger charge is -2.22. The van der Waals surface area contributed by atoms with Crippen molar-refractivity contribution in [1.82, 2.24) is 0 Å². The summed E-state index contributed by atoms with van der Waals surface area (Å²) in [6.45, 7) is 3.74. The fraction of sp³-hybridized carbons (Fsp3) is 0.571. The molecular weight excluding hydrogens is 234 g/mol. The molecule has 2 rings (SSSR count). The van der Waals surface area contributed by atoms with Crippen LogP contribution in [0.25, 0.3) is 0 Å². The Bertz CT molecular complexity index is 404. The van der Waals surface area contributed by atoms with Crippen LogP contribution in [0.4, 0.5) is 0 Å². The van der Waals surface area contributed by atoms with Gasteiger partial charge in [0.1, 0.15) is 5.75 Å². The maximum Gasteiger partial charge on any atom is 0.141 e. The van der Waals surface area contributed by atoms with Crippen LogP contribution in [0.15, 0.2) is 6.07 Å². The Hall–Kier alpha value is -0.730. The highest BCUT2D eigenvalue weighted by molar-refractivity contribution is 6.32. The first kappa shape index (κ1) is 12.7. The zero-order valence-electron chi connectivity index (χ0n) is 10.4. The average molecular weight is 254 g/mol. The number of ether oxygens (including phenoxy) is 1. The maximum absolute atomic E-state index is 6.28. The fourth-order valence-corrected chi connectivity index (χ4v) is 2.74. The normalized spacial score (nSPS) is 14.3. The number of halogens is 1. The molecule has 0 aliphatic carbocycles. The second kappa shape index (κ2) is 5.74. The third kappa shape index (κ3) is 2.75. The Labute approximate surface area is 108 Å². The molecule has 1 aliphatic rings.